The van der Waals surface area contributed by atoms with Crippen LogP contribution in [0, 0.1) is 0 Å². The predicted octanol–water partition coefficient (Wildman–Crippen LogP) is 3.41. The second-order valence-corrected chi connectivity index (χ2v) is 4.54. The maximum absolute atomic E-state index is 12.9. The Morgan fingerprint density at radius 3 is 2.24 bits per heavy atom. The minimum Gasteiger partial charge on any atom is -0.477 e. The number of carboxylic acids is 1. The lowest BCUT2D eigenvalue weighted by molar-refractivity contribution is -0.141. The molecule has 2 aromatic rings. The zero-order valence-electron chi connectivity index (χ0n) is 10.2. The largest absolute Gasteiger partial charge is 0.477 e. The number of aromatic nitrogens is 1. The minimum absolute atomic E-state index is 0.144. The topological polar surface area (TPSA) is 70.2 Å². The van der Waals surface area contributed by atoms with Crippen LogP contribution < -0.4 is 5.43 Å². The number of carbonyl (C=O) groups is 1. The highest BCUT2D eigenvalue weighted by Crippen LogP contribution is 2.31. The average Bonchev–Trinajstić information content (AvgIpc) is 2.37. The summed E-state index contributed by atoms with van der Waals surface area (Å²) in [6.45, 7) is 0. The van der Waals surface area contributed by atoms with Crippen LogP contribution in [0.1, 0.15) is 16.1 Å². The SMILES string of the molecule is O=C(O)c1c(C(F)(F)F)[nH]c(-c2ccc(Cl)cc2)cc1=O. The highest BCUT2D eigenvalue weighted by molar-refractivity contribution is 6.30. The van der Waals surface area contributed by atoms with Crippen LogP contribution in [0.4, 0.5) is 13.2 Å². The normalized spacial score (nSPS) is 11.4. The molecule has 0 radical (unpaired) electrons. The van der Waals surface area contributed by atoms with Crippen molar-refractivity contribution < 1.29 is 23.1 Å². The Morgan fingerprint density at radius 2 is 1.76 bits per heavy atom. The summed E-state index contributed by atoms with van der Waals surface area (Å²) in [6.07, 6.45) is -4.99. The van der Waals surface area contributed by atoms with Crippen LogP contribution in [-0.4, -0.2) is 16.1 Å². The highest BCUT2D eigenvalue weighted by atomic mass is 35.5. The van der Waals surface area contributed by atoms with E-state index < -0.39 is 28.8 Å². The van der Waals surface area contributed by atoms with E-state index in [0.29, 0.717) is 5.02 Å². The van der Waals surface area contributed by atoms with Gasteiger partial charge in [-0.15, -0.1) is 0 Å². The maximum atomic E-state index is 12.9. The number of alkyl halides is 3. The van der Waals surface area contributed by atoms with E-state index in [2.05, 4.69) is 0 Å². The number of benzene rings is 1. The van der Waals surface area contributed by atoms with E-state index in [1.54, 1.807) is 0 Å². The van der Waals surface area contributed by atoms with E-state index in [4.69, 9.17) is 16.7 Å². The molecule has 8 heteroatoms. The molecule has 21 heavy (non-hydrogen) atoms. The number of pyridine rings is 1. The molecule has 0 spiro atoms. The van der Waals surface area contributed by atoms with Crippen LogP contribution in [-0.2, 0) is 6.18 Å². The molecule has 0 unspecified atom stereocenters. The number of rotatable bonds is 2. The molecule has 0 amide bonds. The van der Waals surface area contributed by atoms with E-state index >= 15 is 0 Å². The Bertz CT molecular complexity index is 751. The van der Waals surface area contributed by atoms with Gasteiger partial charge in [0.25, 0.3) is 0 Å². The standard InChI is InChI=1S/C13H7ClF3NO3/c14-7-3-1-6(2-4-7)8-5-9(19)10(12(20)21)11(18-8)13(15,16)17/h1-5H,(H,18,19)(H,20,21). The summed E-state index contributed by atoms with van der Waals surface area (Å²) in [5.74, 6) is -1.94. The lowest BCUT2D eigenvalue weighted by Gasteiger charge is -2.12. The van der Waals surface area contributed by atoms with Crippen LogP contribution >= 0.6 is 11.6 Å². The molecule has 1 aromatic carbocycles. The van der Waals surface area contributed by atoms with Crippen LogP contribution in [0.25, 0.3) is 11.3 Å². The summed E-state index contributed by atoms with van der Waals surface area (Å²) < 4.78 is 38.7. The van der Waals surface area contributed by atoms with Crippen molar-refractivity contribution >= 4 is 17.6 Å². The molecule has 0 fully saturated rings. The zero-order chi connectivity index (χ0) is 15.8. The van der Waals surface area contributed by atoms with Gasteiger partial charge in [0.2, 0.25) is 0 Å². The summed E-state index contributed by atoms with van der Waals surface area (Å²) in [6, 6.07) is 6.51. The Hall–Kier alpha value is -2.28. The van der Waals surface area contributed by atoms with Gasteiger partial charge in [-0.3, -0.25) is 4.79 Å². The summed E-state index contributed by atoms with van der Waals surface area (Å²) in [5, 5.41) is 9.14. The first kappa shape index (κ1) is 15.1. The van der Waals surface area contributed by atoms with Gasteiger partial charge in [0.15, 0.2) is 5.43 Å². The van der Waals surface area contributed by atoms with Crippen LogP contribution in [0.2, 0.25) is 5.02 Å². The Morgan fingerprint density at radius 1 is 1.19 bits per heavy atom. The van der Waals surface area contributed by atoms with Gasteiger partial charge in [-0.05, 0) is 17.7 Å². The highest BCUT2D eigenvalue weighted by Gasteiger charge is 2.38. The molecule has 0 saturated heterocycles. The number of aromatic amines is 1. The predicted molar refractivity (Wildman–Crippen MR) is 69.5 cm³/mol. The van der Waals surface area contributed by atoms with Crippen molar-refractivity contribution in [1.29, 1.82) is 0 Å². The van der Waals surface area contributed by atoms with Crippen molar-refractivity contribution in [2.24, 2.45) is 0 Å². The number of H-pyrrole nitrogens is 1. The third-order valence-electron chi connectivity index (χ3n) is 2.68. The van der Waals surface area contributed by atoms with Crippen molar-refractivity contribution in [3.63, 3.8) is 0 Å². The molecular formula is C13H7ClF3NO3. The molecule has 0 aliphatic heterocycles. The fraction of sp³-hybridized carbons (Fsp3) is 0.0769. The number of halogens is 4. The molecule has 110 valence electrons. The molecule has 0 bridgehead atoms. The number of carboxylic acid groups (broad SMARTS) is 1. The smallest absolute Gasteiger partial charge is 0.432 e. The summed E-state index contributed by atoms with van der Waals surface area (Å²) in [7, 11) is 0. The van der Waals surface area contributed by atoms with Gasteiger partial charge in [0.1, 0.15) is 11.3 Å². The van der Waals surface area contributed by atoms with Gasteiger partial charge in [-0.25, -0.2) is 4.79 Å². The van der Waals surface area contributed by atoms with Crippen LogP contribution in [0.5, 0.6) is 0 Å². The Kier molecular flexibility index (Phi) is 3.78. The maximum Gasteiger partial charge on any atom is 0.432 e. The number of nitrogens with one attached hydrogen (secondary N) is 1. The Labute approximate surface area is 120 Å². The van der Waals surface area contributed by atoms with Crippen molar-refractivity contribution in [2.45, 2.75) is 6.18 Å². The van der Waals surface area contributed by atoms with Gasteiger partial charge < -0.3 is 10.1 Å². The summed E-state index contributed by atoms with van der Waals surface area (Å²) in [4.78, 5) is 24.5. The zero-order valence-corrected chi connectivity index (χ0v) is 10.9. The molecule has 0 saturated carbocycles. The summed E-state index contributed by atoms with van der Waals surface area (Å²) in [5.41, 5.74) is -4.01. The van der Waals surface area contributed by atoms with Gasteiger partial charge >= 0.3 is 12.1 Å². The fourth-order valence-corrected chi connectivity index (χ4v) is 1.90. The van der Waals surface area contributed by atoms with E-state index in [1.807, 2.05) is 4.98 Å². The third kappa shape index (κ3) is 3.08. The quantitative estimate of drug-likeness (QED) is 0.891. The molecule has 0 atom stereocenters. The molecular weight excluding hydrogens is 311 g/mol. The molecule has 2 rings (SSSR count). The number of aromatic carboxylic acids is 1. The molecule has 0 aliphatic carbocycles. The van der Waals surface area contributed by atoms with Crippen molar-refractivity contribution in [2.75, 3.05) is 0 Å². The van der Waals surface area contributed by atoms with E-state index in [1.165, 1.54) is 24.3 Å². The van der Waals surface area contributed by atoms with Crippen LogP contribution in [0.15, 0.2) is 35.1 Å². The molecule has 0 aliphatic rings. The van der Waals surface area contributed by atoms with E-state index in [9.17, 15) is 22.8 Å². The van der Waals surface area contributed by atoms with Crippen molar-refractivity contribution in [3.8, 4) is 11.3 Å². The second-order valence-electron chi connectivity index (χ2n) is 4.11. The Balaban J connectivity index is 2.72. The molecule has 1 heterocycles. The fourth-order valence-electron chi connectivity index (χ4n) is 1.77. The van der Waals surface area contributed by atoms with E-state index in [0.717, 1.165) is 6.07 Å². The van der Waals surface area contributed by atoms with Crippen molar-refractivity contribution in [3.05, 3.63) is 56.8 Å². The molecule has 4 nitrogen and oxygen atoms in total. The molecule has 2 N–H and O–H groups in total. The lowest BCUT2D eigenvalue weighted by atomic mass is 10.1. The van der Waals surface area contributed by atoms with Gasteiger partial charge in [0, 0.05) is 16.8 Å². The lowest BCUT2D eigenvalue weighted by Crippen LogP contribution is -2.24. The number of hydrogen-bond donors (Lipinski definition) is 2. The van der Waals surface area contributed by atoms with E-state index in [-0.39, 0.29) is 11.3 Å². The third-order valence-corrected chi connectivity index (χ3v) is 2.94. The van der Waals surface area contributed by atoms with Gasteiger partial charge in [-0.1, -0.05) is 23.7 Å². The van der Waals surface area contributed by atoms with Crippen LogP contribution in [0.3, 0.4) is 0 Å². The second kappa shape index (κ2) is 5.25. The van der Waals surface area contributed by atoms with Gasteiger partial charge in [0.05, 0.1) is 0 Å². The monoisotopic (exact) mass is 317 g/mol. The first-order valence-corrected chi connectivity index (χ1v) is 5.91. The summed E-state index contributed by atoms with van der Waals surface area (Å²) >= 11 is 5.67. The first-order valence-electron chi connectivity index (χ1n) is 5.54. The molecule has 1 aromatic heterocycles. The minimum atomic E-state index is -4.99. The average molecular weight is 318 g/mol. The first-order chi connectivity index (χ1) is 9.70. The number of hydrogen-bond acceptors (Lipinski definition) is 2. The van der Waals surface area contributed by atoms with Crippen molar-refractivity contribution in [1.82, 2.24) is 4.98 Å². The van der Waals surface area contributed by atoms with Gasteiger partial charge in [-0.2, -0.15) is 13.2 Å².